The lowest BCUT2D eigenvalue weighted by molar-refractivity contribution is 0.228. The molecule has 0 aromatic heterocycles. The van der Waals surface area contributed by atoms with E-state index in [4.69, 9.17) is 5.84 Å². The van der Waals surface area contributed by atoms with Crippen LogP contribution in [0.1, 0.15) is 38.2 Å². The monoisotopic (exact) mass is 346 g/mol. The highest BCUT2D eigenvalue weighted by Gasteiger charge is 2.27. The Balaban J connectivity index is 2.12. The van der Waals surface area contributed by atoms with Gasteiger partial charge in [0.1, 0.15) is 11.6 Å². The Kier molecular flexibility index (Phi) is 5.52. The van der Waals surface area contributed by atoms with Crippen LogP contribution in [0, 0.1) is 23.5 Å². The minimum Gasteiger partial charge on any atom is -0.271 e. The van der Waals surface area contributed by atoms with E-state index in [9.17, 15) is 8.78 Å². The summed E-state index contributed by atoms with van der Waals surface area (Å²) >= 11 is 3.10. The molecule has 0 amide bonds. The molecule has 1 unspecified atom stereocenters. The summed E-state index contributed by atoms with van der Waals surface area (Å²) in [5, 5.41) is 0. The van der Waals surface area contributed by atoms with Crippen molar-refractivity contribution in [3.63, 3.8) is 0 Å². The molecular formula is C15H21BrF2N2. The standard InChI is InChI=1S/C15H21BrF2N2/c1-9-2-4-10(5-3-9)14(20-19)8-11-13(17)7-6-12(16)15(11)18/h6-7,9-10,14,20H,2-5,8,19H2,1H3. The normalized spacial score (nSPS) is 24.6. The minimum absolute atomic E-state index is 0.0826. The molecule has 5 heteroatoms. The smallest absolute Gasteiger partial charge is 0.143 e. The van der Waals surface area contributed by atoms with Gasteiger partial charge < -0.3 is 0 Å². The van der Waals surface area contributed by atoms with E-state index < -0.39 is 11.6 Å². The predicted octanol–water partition coefficient (Wildman–Crippen LogP) is 3.93. The van der Waals surface area contributed by atoms with Crippen molar-refractivity contribution in [1.82, 2.24) is 5.43 Å². The number of nitrogens with one attached hydrogen (secondary N) is 1. The summed E-state index contributed by atoms with van der Waals surface area (Å²) < 4.78 is 28.2. The molecule has 1 fully saturated rings. The third kappa shape index (κ3) is 3.57. The molecule has 2 nitrogen and oxygen atoms in total. The molecule has 0 saturated heterocycles. The zero-order valence-electron chi connectivity index (χ0n) is 11.6. The first-order valence-electron chi connectivity index (χ1n) is 7.11. The Morgan fingerprint density at radius 3 is 2.55 bits per heavy atom. The number of benzene rings is 1. The molecule has 1 aromatic rings. The molecule has 3 N–H and O–H groups in total. The average molecular weight is 347 g/mol. The average Bonchev–Trinajstić information content (AvgIpc) is 2.45. The van der Waals surface area contributed by atoms with Crippen LogP contribution in [0.25, 0.3) is 0 Å². The Labute approximate surface area is 127 Å². The maximum absolute atomic E-state index is 14.0. The van der Waals surface area contributed by atoms with E-state index in [1.165, 1.54) is 12.1 Å². The van der Waals surface area contributed by atoms with Crippen molar-refractivity contribution >= 4 is 15.9 Å². The fourth-order valence-corrected chi connectivity index (χ4v) is 3.40. The van der Waals surface area contributed by atoms with Crippen molar-refractivity contribution in [1.29, 1.82) is 0 Å². The summed E-state index contributed by atoms with van der Waals surface area (Å²) in [6.45, 7) is 2.24. The lowest BCUT2D eigenvalue weighted by Crippen LogP contribution is -2.44. The van der Waals surface area contributed by atoms with E-state index in [-0.39, 0.29) is 18.0 Å². The van der Waals surface area contributed by atoms with E-state index in [0.717, 1.165) is 31.6 Å². The minimum atomic E-state index is -0.519. The van der Waals surface area contributed by atoms with E-state index in [0.29, 0.717) is 10.4 Å². The number of rotatable bonds is 4. The Morgan fingerprint density at radius 2 is 1.95 bits per heavy atom. The van der Waals surface area contributed by atoms with Crippen LogP contribution in [-0.4, -0.2) is 6.04 Å². The molecule has 0 spiro atoms. The molecule has 1 aliphatic carbocycles. The first-order chi connectivity index (χ1) is 9.52. The van der Waals surface area contributed by atoms with Crippen molar-refractivity contribution in [2.75, 3.05) is 0 Å². The molecular weight excluding hydrogens is 326 g/mol. The molecule has 0 aliphatic heterocycles. The van der Waals surface area contributed by atoms with Crippen LogP contribution >= 0.6 is 15.9 Å². The number of nitrogens with two attached hydrogens (primary N) is 1. The Hall–Kier alpha value is -0.520. The second kappa shape index (κ2) is 6.96. The van der Waals surface area contributed by atoms with Crippen molar-refractivity contribution in [2.45, 2.75) is 45.1 Å². The highest BCUT2D eigenvalue weighted by atomic mass is 79.9. The molecule has 0 heterocycles. The SMILES string of the molecule is CC1CCC(C(Cc2c(F)ccc(Br)c2F)NN)CC1. The summed E-state index contributed by atoms with van der Waals surface area (Å²) in [5.41, 5.74) is 2.87. The molecule has 0 radical (unpaired) electrons. The lowest BCUT2D eigenvalue weighted by Gasteiger charge is -2.32. The first-order valence-corrected chi connectivity index (χ1v) is 7.90. The maximum atomic E-state index is 14.0. The van der Waals surface area contributed by atoms with Crippen LogP contribution in [-0.2, 0) is 6.42 Å². The van der Waals surface area contributed by atoms with Crippen molar-refractivity contribution in [3.8, 4) is 0 Å². The van der Waals surface area contributed by atoms with E-state index >= 15 is 0 Å². The largest absolute Gasteiger partial charge is 0.271 e. The summed E-state index contributed by atoms with van der Waals surface area (Å²) in [6, 6.07) is 2.60. The molecule has 0 bridgehead atoms. The van der Waals surface area contributed by atoms with Gasteiger partial charge in [0.05, 0.1) is 4.47 Å². The second-order valence-electron chi connectivity index (χ2n) is 5.82. The fourth-order valence-electron chi connectivity index (χ4n) is 3.03. The van der Waals surface area contributed by atoms with Gasteiger partial charge >= 0.3 is 0 Å². The van der Waals surface area contributed by atoms with Gasteiger partial charge in [-0.15, -0.1) is 0 Å². The van der Waals surface area contributed by atoms with E-state index in [2.05, 4.69) is 28.3 Å². The zero-order chi connectivity index (χ0) is 14.7. The van der Waals surface area contributed by atoms with Crippen LogP contribution in [0.4, 0.5) is 8.78 Å². The molecule has 20 heavy (non-hydrogen) atoms. The van der Waals surface area contributed by atoms with Crippen LogP contribution in [0.15, 0.2) is 16.6 Å². The summed E-state index contributed by atoms with van der Waals surface area (Å²) in [5.74, 6) is 5.72. The van der Waals surface area contributed by atoms with Gasteiger partial charge in [-0.1, -0.05) is 19.8 Å². The van der Waals surface area contributed by atoms with Crippen LogP contribution in [0.3, 0.4) is 0 Å². The van der Waals surface area contributed by atoms with Gasteiger partial charge in [0.25, 0.3) is 0 Å². The first kappa shape index (κ1) is 15.9. The number of hydrogen-bond donors (Lipinski definition) is 2. The van der Waals surface area contributed by atoms with Crippen molar-refractivity contribution in [2.24, 2.45) is 17.7 Å². The van der Waals surface area contributed by atoms with E-state index in [1.54, 1.807) is 0 Å². The van der Waals surface area contributed by atoms with E-state index in [1.807, 2.05) is 0 Å². The zero-order valence-corrected chi connectivity index (χ0v) is 13.2. The van der Waals surface area contributed by atoms with Gasteiger partial charge in [0.15, 0.2) is 0 Å². The topological polar surface area (TPSA) is 38.0 Å². The third-order valence-corrected chi connectivity index (χ3v) is 5.02. The summed E-state index contributed by atoms with van der Waals surface area (Å²) in [7, 11) is 0. The number of halogens is 3. The van der Waals surface area contributed by atoms with Gasteiger partial charge in [-0.05, 0) is 59.2 Å². The van der Waals surface area contributed by atoms with Crippen LogP contribution < -0.4 is 11.3 Å². The summed E-state index contributed by atoms with van der Waals surface area (Å²) in [6.07, 6.45) is 4.73. The highest BCUT2D eigenvalue weighted by Crippen LogP contribution is 2.32. The van der Waals surface area contributed by atoms with Crippen molar-refractivity contribution < 1.29 is 8.78 Å². The van der Waals surface area contributed by atoms with Crippen LogP contribution in [0.2, 0.25) is 0 Å². The number of hydrazine groups is 1. The molecule has 2 rings (SSSR count). The second-order valence-corrected chi connectivity index (χ2v) is 6.67. The maximum Gasteiger partial charge on any atom is 0.143 e. The molecule has 1 saturated carbocycles. The van der Waals surface area contributed by atoms with Gasteiger partial charge in [-0.3, -0.25) is 11.3 Å². The molecule has 1 aliphatic rings. The molecule has 1 atom stereocenters. The van der Waals surface area contributed by atoms with Gasteiger partial charge in [-0.25, -0.2) is 8.78 Å². The van der Waals surface area contributed by atoms with Gasteiger partial charge in [0, 0.05) is 11.6 Å². The number of hydrogen-bond acceptors (Lipinski definition) is 2. The molecule has 1 aromatic carbocycles. The predicted molar refractivity (Wildman–Crippen MR) is 80.0 cm³/mol. The Bertz CT molecular complexity index is 459. The third-order valence-electron chi connectivity index (χ3n) is 4.41. The summed E-state index contributed by atoms with van der Waals surface area (Å²) in [4.78, 5) is 0. The fraction of sp³-hybridized carbons (Fsp3) is 0.600. The lowest BCUT2D eigenvalue weighted by atomic mass is 9.78. The van der Waals surface area contributed by atoms with Gasteiger partial charge in [-0.2, -0.15) is 0 Å². The van der Waals surface area contributed by atoms with Crippen molar-refractivity contribution in [3.05, 3.63) is 33.8 Å². The van der Waals surface area contributed by atoms with Crippen LogP contribution in [0.5, 0.6) is 0 Å². The highest BCUT2D eigenvalue weighted by molar-refractivity contribution is 9.10. The Morgan fingerprint density at radius 1 is 1.30 bits per heavy atom. The molecule has 112 valence electrons. The quantitative estimate of drug-likeness (QED) is 0.492. The van der Waals surface area contributed by atoms with Gasteiger partial charge in [0.2, 0.25) is 0 Å².